The molecule has 0 amide bonds. The number of nitrogens with zero attached hydrogens (tertiary/aromatic N) is 3. The van der Waals surface area contributed by atoms with E-state index in [1.165, 1.54) is 0 Å². The van der Waals surface area contributed by atoms with Gasteiger partial charge >= 0.3 is 0 Å². The summed E-state index contributed by atoms with van der Waals surface area (Å²) in [5.41, 5.74) is 0.965. The highest BCUT2D eigenvalue weighted by molar-refractivity contribution is 7.09. The zero-order valence-corrected chi connectivity index (χ0v) is 9.97. The molecule has 0 saturated carbocycles. The third kappa shape index (κ3) is 2.54. The lowest BCUT2D eigenvalue weighted by Crippen LogP contribution is -1.92. The van der Waals surface area contributed by atoms with Crippen LogP contribution in [0.15, 0.2) is 9.90 Å². The Labute approximate surface area is 96.3 Å². The molecule has 0 aromatic carbocycles. The second kappa shape index (κ2) is 4.28. The van der Waals surface area contributed by atoms with Crippen LogP contribution in [0.1, 0.15) is 34.7 Å². The minimum atomic E-state index is -0.247. The highest BCUT2D eigenvalue weighted by Crippen LogP contribution is 2.18. The molecule has 2 aromatic rings. The van der Waals surface area contributed by atoms with Crippen molar-refractivity contribution in [2.45, 2.75) is 25.6 Å². The Hall–Kier alpha value is -0.940. The van der Waals surface area contributed by atoms with Gasteiger partial charge in [0.05, 0.1) is 17.1 Å². The summed E-state index contributed by atoms with van der Waals surface area (Å²) in [5.74, 6) is 1.08. The minimum Gasteiger partial charge on any atom is -0.338 e. The minimum absolute atomic E-state index is 0.247. The van der Waals surface area contributed by atoms with Crippen LogP contribution in [0.3, 0.4) is 0 Å². The first-order valence-electron chi connectivity index (χ1n) is 4.52. The maximum absolute atomic E-state index is 5.81. The first-order chi connectivity index (χ1) is 7.15. The number of aryl methyl sites for hydroxylation is 1. The van der Waals surface area contributed by atoms with E-state index < -0.39 is 0 Å². The number of alkyl halides is 1. The van der Waals surface area contributed by atoms with Crippen molar-refractivity contribution in [3.63, 3.8) is 0 Å². The molecule has 80 valence electrons. The summed E-state index contributed by atoms with van der Waals surface area (Å²) in [6, 6.07) is 0. The van der Waals surface area contributed by atoms with Crippen molar-refractivity contribution < 1.29 is 4.52 Å². The maximum Gasteiger partial charge on any atom is 0.244 e. The van der Waals surface area contributed by atoms with E-state index in [0.717, 1.165) is 10.7 Å². The average Bonchev–Trinajstić information content (AvgIpc) is 2.76. The number of aromatic nitrogens is 3. The SMILES string of the molecule is Cc1nc(Cc2noc(C(C)Cl)n2)cs1. The Morgan fingerprint density at radius 1 is 1.53 bits per heavy atom. The number of hydrogen-bond donors (Lipinski definition) is 0. The van der Waals surface area contributed by atoms with Gasteiger partial charge in [-0.15, -0.1) is 22.9 Å². The van der Waals surface area contributed by atoms with Crippen LogP contribution in [-0.4, -0.2) is 15.1 Å². The van der Waals surface area contributed by atoms with Gasteiger partial charge in [-0.05, 0) is 13.8 Å². The van der Waals surface area contributed by atoms with Crippen molar-refractivity contribution in [3.8, 4) is 0 Å². The van der Waals surface area contributed by atoms with Crippen LogP contribution < -0.4 is 0 Å². The number of halogens is 1. The van der Waals surface area contributed by atoms with Crippen molar-refractivity contribution in [1.82, 2.24) is 15.1 Å². The molecule has 0 saturated heterocycles. The van der Waals surface area contributed by atoms with E-state index in [1.807, 2.05) is 12.3 Å². The van der Waals surface area contributed by atoms with Crippen LogP contribution in [0.5, 0.6) is 0 Å². The Balaban J connectivity index is 2.11. The number of hydrogen-bond acceptors (Lipinski definition) is 5. The van der Waals surface area contributed by atoms with E-state index in [1.54, 1.807) is 18.3 Å². The summed E-state index contributed by atoms with van der Waals surface area (Å²) in [4.78, 5) is 8.49. The molecule has 6 heteroatoms. The van der Waals surface area contributed by atoms with E-state index in [-0.39, 0.29) is 5.38 Å². The third-order valence-electron chi connectivity index (χ3n) is 1.83. The summed E-state index contributed by atoms with van der Waals surface area (Å²) < 4.78 is 4.99. The molecule has 0 N–H and O–H groups in total. The molecule has 4 nitrogen and oxygen atoms in total. The average molecular weight is 244 g/mol. The normalized spacial score (nSPS) is 13.0. The fourth-order valence-electron chi connectivity index (χ4n) is 1.15. The standard InChI is InChI=1S/C9H10ClN3OS/c1-5(10)9-12-8(13-14-9)3-7-4-15-6(2)11-7/h4-5H,3H2,1-2H3. The zero-order chi connectivity index (χ0) is 10.8. The fraction of sp³-hybridized carbons (Fsp3) is 0.444. The van der Waals surface area contributed by atoms with Crippen LogP contribution >= 0.6 is 22.9 Å². The molecular formula is C9H10ClN3OS. The fourth-order valence-corrected chi connectivity index (χ4v) is 1.85. The third-order valence-corrected chi connectivity index (χ3v) is 2.84. The summed E-state index contributed by atoms with van der Waals surface area (Å²) in [6.45, 7) is 3.77. The van der Waals surface area contributed by atoms with Gasteiger partial charge in [0.25, 0.3) is 0 Å². The van der Waals surface area contributed by atoms with Gasteiger partial charge in [0, 0.05) is 5.38 Å². The van der Waals surface area contributed by atoms with Crippen LogP contribution in [-0.2, 0) is 6.42 Å². The van der Waals surface area contributed by atoms with Crippen LogP contribution in [0, 0.1) is 6.92 Å². The van der Waals surface area contributed by atoms with Gasteiger partial charge in [0.15, 0.2) is 5.82 Å². The topological polar surface area (TPSA) is 51.8 Å². The molecule has 2 heterocycles. The van der Waals surface area contributed by atoms with E-state index in [4.69, 9.17) is 16.1 Å². The van der Waals surface area contributed by atoms with E-state index >= 15 is 0 Å². The van der Waals surface area contributed by atoms with Crippen molar-refractivity contribution in [1.29, 1.82) is 0 Å². The largest absolute Gasteiger partial charge is 0.338 e. The molecule has 0 bridgehead atoms. The second-order valence-corrected chi connectivity index (χ2v) is 4.92. The van der Waals surface area contributed by atoms with E-state index in [0.29, 0.717) is 18.1 Å². The van der Waals surface area contributed by atoms with Gasteiger partial charge in [-0.2, -0.15) is 4.98 Å². The van der Waals surface area contributed by atoms with Gasteiger partial charge in [-0.25, -0.2) is 4.98 Å². The predicted octanol–water partition coefficient (Wildman–Crippen LogP) is 2.73. The zero-order valence-electron chi connectivity index (χ0n) is 8.40. The molecular weight excluding hydrogens is 234 g/mol. The van der Waals surface area contributed by atoms with E-state index in [2.05, 4.69) is 15.1 Å². The van der Waals surface area contributed by atoms with Gasteiger partial charge in [-0.1, -0.05) is 5.16 Å². The Morgan fingerprint density at radius 3 is 2.87 bits per heavy atom. The summed E-state index contributed by atoms with van der Waals surface area (Å²) in [7, 11) is 0. The molecule has 0 radical (unpaired) electrons. The molecule has 0 aliphatic carbocycles. The van der Waals surface area contributed by atoms with Gasteiger partial charge < -0.3 is 4.52 Å². The lowest BCUT2D eigenvalue weighted by Gasteiger charge is -1.90. The molecule has 0 fully saturated rings. The van der Waals surface area contributed by atoms with Crippen molar-refractivity contribution in [2.75, 3.05) is 0 Å². The molecule has 0 spiro atoms. The molecule has 2 aromatic heterocycles. The quantitative estimate of drug-likeness (QED) is 0.778. The molecule has 15 heavy (non-hydrogen) atoms. The lowest BCUT2D eigenvalue weighted by atomic mass is 10.3. The van der Waals surface area contributed by atoms with Crippen LogP contribution in [0.25, 0.3) is 0 Å². The smallest absolute Gasteiger partial charge is 0.244 e. The first-order valence-corrected chi connectivity index (χ1v) is 5.84. The molecule has 0 aliphatic rings. The molecule has 2 rings (SSSR count). The molecule has 0 aliphatic heterocycles. The second-order valence-electron chi connectivity index (χ2n) is 3.20. The predicted molar refractivity (Wildman–Crippen MR) is 58.2 cm³/mol. The highest BCUT2D eigenvalue weighted by atomic mass is 35.5. The van der Waals surface area contributed by atoms with Crippen molar-refractivity contribution in [3.05, 3.63) is 27.8 Å². The van der Waals surface area contributed by atoms with Crippen molar-refractivity contribution >= 4 is 22.9 Å². The van der Waals surface area contributed by atoms with Gasteiger partial charge in [-0.3, -0.25) is 0 Å². The highest BCUT2D eigenvalue weighted by Gasteiger charge is 2.12. The lowest BCUT2D eigenvalue weighted by molar-refractivity contribution is 0.374. The van der Waals surface area contributed by atoms with Crippen LogP contribution in [0.4, 0.5) is 0 Å². The Kier molecular flexibility index (Phi) is 3.02. The first kappa shape index (κ1) is 10.6. The van der Waals surface area contributed by atoms with Crippen molar-refractivity contribution in [2.24, 2.45) is 0 Å². The Morgan fingerprint density at radius 2 is 2.33 bits per heavy atom. The molecule has 1 unspecified atom stereocenters. The van der Waals surface area contributed by atoms with Gasteiger partial charge in [0.2, 0.25) is 5.89 Å². The number of thiazole rings is 1. The number of rotatable bonds is 3. The van der Waals surface area contributed by atoms with Gasteiger partial charge in [0.1, 0.15) is 5.38 Å². The summed E-state index contributed by atoms with van der Waals surface area (Å²) in [5, 5.41) is 6.63. The summed E-state index contributed by atoms with van der Waals surface area (Å²) in [6.07, 6.45) is 0.595. The monoisotopic (exact) mass is 243 g/mol. The summed E-state index contributed by atoms with van der Waals surface area (Å²) >= 11 is 7.43. The Bertz CT molecular complexity index is 452. The van der Waals surface area contributed by atoms with E-state index in [9.17, 15) is 0 Å². The maximum atomic E-state index is 5.81. The molecule has 1 atom stereocenters. The van der Waals surface area contributed by atoms with Crippen LogP contribution in [0.2, 0.25) is 0 Å².